The van der Waals surface area contributed by atoms with Crippen LogP contribution < -0.4 is 14.8 Å². The maximum Gasteiger partial charge on any atom is 0.128 e. The molecular weight excluding hydrogens is 246 g/mol. The molecule has 14 heavy (non-hydrogen) atoms. The Hall–Kier alpha value is -0.740. The average molecular weight is 260 g/mol. The van der Waals surface area contributed by atoms with Gasteiger partial charge in [0.15, 0.2) is 0 Å². The first-order chi connectivity index (χ1) is 6.72. The van der Waals surface area contributed by atoms with Gasteiger partial charge < -0.3 is 14.8 Å². The Morgan fingerprint density at radius 3 is 2.50 bits per heavy atom. The van der Waals surface area contributed by atoms with Gasteiger partial charge in [0.25, 0.3) is 0 Å². The van der Waals surface area contributed by atoms with Crippen LogP contribution >= 0.6 is 15.9 Å². The van der Waals surface area contributed by atoms with Crippen LogP contribution in [0.3, 0.4) is 0 Å². The number of nitrogens with one attached hydrogen (secondary N) is 1. The Balaban J connectivity index is 3.04. The second-order valence-corrected chi connectivity index (χ2v) is 3.67. The third-order valence-electron chi connectivity index (χ3n) is 1.97. The molecule has 0 heterocycles. The van der Waals surface area contributed by atoms with Gasteiger partial charge in [0, 0.05) is 11.6 Å². The minimum absolute atomic E-state index is 0.0864. The zero-order valence-electron chi connectivity index (χ0n) is 8.50. The van der Waals surface area contributed by atoms with Gasteiger partial charge in [-0.1, -0.05) is 15.9 Å². The van der Waals surface area contributed by atoms with Crippen LogP contribution in [0.2, 0.25) is 0 Å². The number of benzene rings is 1. The number of hydrogen-bond donors (Lipinski definition) is 1. The Bertz CT molecular complexity index is 304. The molecule has 1 rings (SSSR count). The fraction of sp³-hybridized carbons (Fsp3) is 0.400. The molecule has 0 spiro atoms. The number of rotatable bonds is 4. The van der Waals surface area contributed by atoms with Crippen LogP contribution in [0.15, 0.2) is 18.2 Å². The average Bonchev–Trinajstić information content (AvgIpc) is 2.27. The van der Waals surface area contributed by atoms with E-state index in [2.05, 4.69) is 21.2 Å². The van der Waals surface area contributed by atoms with Crippen LogP contribution in [0.5, 0.6) is 11.5 Å². The van der Waals surface area contributed by atoms with Crippen molar-refractivity contribution < 1.29 is 9.47 Å². The molecular formula is C10H14BrNO2. The van der Waals surface area contributed by atoms with Gasteiger partial charge in [0.2, 0.25) is 0 Å². The van der Waals surface area contributed by atoms with E-state index in [0.29, 0.717) is 0 Å². The summed E-state index contributed by atoms with van der Waals surface area (Å²) in [6.07, 6.45) is 0. The zero-order chi connectivity index (χ0) is 10.6. The summed E-state index contributed by atoms with van der Waals surface area (Å²) >= 11 is 3.49. The summed E-state index contributed by atoms with van der Waals surface area (Å²) in [5, 5.41) is 3.09. The largest absolute Gasteiger partial charge is 0.497 e. The van der Waals surface area contributed by atoms with Gasteiger partial charge in [-0.3, -0.25) is 0 Å². The van der Waals surface area contributed by atoms with E-state index in [9.17, 15) is 0 Å². The van der Waals surface area contributed by atoms with Gasteiger partial charge in [-0.25, -0.2) is 0 Å². The van der Waals surface area contributed by atoms with Crippen molar-refractivity contribution in [2.45, 2.75) is 4.95 Å². The van der Waals surface area contributed by atoms with Gasteiger partial charge in [-0.05, 0) is 19.2 Å². The molecule has 1 aromatic carbocycles. The van der Waals surface area contributed by atoms with Crippen molar-refractivity contribution in [3.05, 3.63) is 23.8 Å². The summed E-state index contributed by atoms with van der Waals surface area (Å²) in [7, 11) is 5.16. The monoisotopic (exact) mass is 259 g/mol. The molecule has 0 aliphatic heterocycles. The summed E-state index contributed by atoms with van der Waals surface area (Å²) in [6, 6.07) is 5.73. The highest BCUT2D eigenvalue weighted by atomic mass is 79.9. The number of ether oxygens (including phenoxy) is 2. The number of hydrogen-bond acceptors (Lipinski definition) is 3. The molecule has 1 N–H and O–H groups in total. The minimum Gasteiger partial charge on any atom is -0.497 e. The smallest absolute Gasteiger partial charge is 0.128 e. The lowest BCUT2D eigenvalue weighted by Gasteiger charge is -2.14. The van der Waals surface area contributed by atoms with E-state index >= 15 is 0 Å². The molecule has 0 aliphatic carbocycles. The molecule has 1 unspecified atom stereocenters. The van der Waals surface area contributed by atoms with E-state index in [1.54, 1.807) is 14.2 Å². The summed E-state index contributed by atoms with van der Waals surface area (Å²) in [5.41, 5.74) is 1.05. The summed E-state index contributed by atoms with van der Waals surface area (Å²) < 4.78 is 10.4. The third-order valence-corrected chi connectivity index (χ3v) is 2.92. The maximum absolute atomic E-state index is 5.26. The molecule has 0 saturated heterocycles. The molecule has 0 aromatic heterocycles. The molecule has 3 nitrogen and oxygen atoms in total. The van der Waals surface area contributed by atoms with Crippen LogP contribution in [-0.4, -0.2) is 21.3 Å². The van der Waals surface area contributed by atoms with E-state index < -0.39 is 0 Å². The van der Waals surface area contributed by atoms with Crippen LogP contribution in [0.1, 0.15) is 10.5 Å². The van der Waals surface area contributed by atoms with Gasteiger partial charge >= 0.3 is 0 Å². The maximum atomic E-state index is 5.26. The fourth-order valence-electron chi connectivity index (χ4n) is 1.18. The zero-order valence-corrected chi connectivity index (χ0v) is 10.1. The van der Waals surface area contributed by atoms with Crippen molar-refractivity contribution in [1.82, 2.24) is 5.32 Å². The Morgan fingerprint density at radius 1 is 1.29 bits per heavy atom. The van der Waals surface area contributed by atoms with E-state index in [4.69, 9.17) is 9.47 Å². The van der Waals surface area contributed by atoms with Crippen molar-refractivity contribution in [3.63, 3.8) is 0 Å². The Kier molecular flexibility index (Phi) is 4.22. The summed E-state index contributed by atoms with van der Waals surface area (Å²) in [5.74, 6) is 1.60. The molecule has 0 saturated carbocycles. The highest BCUT2D eigenvalue weighted by Crippen LogP contribution is 2.31. The lowest BCUT2D eigenvalue weighted by atomic mass is 10.2. The quantitative estimate of drug-likeness (QED) is 0.665. The fourth-order valence-corrected chi connectivity index (χ4v) is 1.56. The number of alkyl halides is 1. The predicted octanol–water partition coefficient (Wildman–Crippen LogP) is 2.32. The van der Waals surface area contributed by atoms with Gasteiger partial charge in [0.1, 0.15) is 11.5 Å². The van der Waals surface area contributed by atoms with Crippen molar-refractivity contribution in [1.29, 1.82) is 0 Å². The second-order valence-electron chi connectivity index (χ2n) is 2.76. The summed E-state index contributed by atoms with van der Waals surface area (Å²) in [6.45, 7) is 0. The van der Waals surface area contributed by atoms with Gasteiger partial charge in [-0.15, -0.1) is 0 Å². The molecule has 1 aromatic rings. The molecule has 0 amide bonds. The van der Waals surface area contributed by atoms with Crippen molar-refractivity contribution in [3.8, 4) is 11.5 Å². The van der Waals surface area contributed by atoms with Crippen molar-refractivity contribution >= 4 is 15.9 Å². The topological polar surface area (TPSA) is 30.5 Å². The normalized spacial score (nSPS) is 12.3. The highest BCUT2D eigenvalue weighted by Gasteiger charge is 2.11. The van der Waals surface area contributed by atoms with E-state index in [0.717, 1.165) is 17.1 Å². The van der Waals surface area contributed by atoms with Crippen LogP contribution in [0, 0.1) is 0 Å². The molecule has 0 bridgehead atoms. The first kappa shape index (κ1) is 11.3. The van der Waals surface area contributed by atoms with Gasteiger partial charge in [0.05, 0.1) is 19.2 Å². The predicted molar refractivity (Wildman–Crippen MR) is 60.3 cm³/mol. The summed E-state index contributed by atoms with van der Waals surface area (Å²) in [4.78, 5) is 0.0864. The lowest BCUT2D eigenvalue weighted by molar-refractivity contribution is 0.390. The Morgan fingerprint density at radius 2 is 2.00 bits per heavy atom. The SMILES string of the molecule is CNC(Br)c1ccc(OC)cc1OC. The van der Waals surface area contributed by atoms with Crippen LogP contribution in [-0.2, 0) is 0 Å². The van der Waals surface area contributed by atoms with E-state index in [-0.39, 0.29) is 4.95 Å². The van der Waals surface area contributed by atoms with Crippen molar-refractivity contribution in [2.75, 3.05) is 21.3 Å². The molecule has 0 fully saturated rings. The second kappa shape index (κ2) is 5.22. The number of halogens is 1. The standard InChI is InChI=1S/C10H14BrNO2/c1-12-10(11)8-5-4-7(13-2)6-9(8)14-3/h4-6,10,12H,1-3H3. The molecule has 0 radical (unpaired) electrons. The highest BCUT2D eigenvalue weighted by molar-refractivity contribution is 9.09. The molecule has 4 heteroatoms. The number of methoxy groups -OCH3 is 2. The van der Waals surface area contributed by atoms with Crippen molar-refractivity contribution in [2.24, 2.45) is 0 Å². The van der Waals surface area contributed by atoms with E-state index in [1.165, 1.54) is 0 Å². The van der Waals surface area contributed by atoms with Crippen LogP contribution in [0.25, 0.3) is 0 Å². The molecule has 1 atom stereocenters. The first-order valence-electron chi connectivity index (χ1n) is 4.26. The van der Waals surface area contributed by atoms with Gasteiger partial charge in [-0.2, -0.15) is 0 Å². The first-order valence-corrected chi connectivity index (χ1v) is 5.17. The molecule has 0 aliphatic rings. The van der Waals surface area contributed by atoms with E-state index in [1.807, 2.05) is 25.2 Å². The van der Waals surface area contributed by atoms with Crippen LogP contribution in [0.4, 0.5) is 0 Å². The lowest BCUT2D eigenvalue weighted by Crippen LogP contribution is -2.10. The Labute approximate surface area is 92.5 Å². The third kappa shape index (κ3) is 2.39. The minimum atomic E-state index is 0.0864. The molecule has 78 valence electrons.